The molecule has 0 atom stereocenters. The number of nitrogens with one attached hydrogen (secondary N) is 1. The van der Waals surface area contributed by atoms with Crippen molar-refractivity contribution in [3.63, 3.8) is 0 Å². The van der Waals surface area contributed by atoms with Crippen LogP contribution in [0.15, 0.2) is 52.1 Å². The Bertz CT molecular complexity index is 462. The molecule has 0 aliphatic carbocycles. The van der Waals surface area contributed by atoms with Gasteiger partial charge in [-0.3, -0.25) is 4.79 Å². The molecule has 0 aromatic heterocycles. The molecule has 17 heavy (non-hydrogen) atoms. The van der Waals surface area contributed by atoms with Crippen molar-refractivity contribution in [1.82, 2.24) is 0 Å². The van der Waals surface area contributed by atoms with E-state index in [0.717, 1.165) is 6.42 Å². The molecule has 1 heterocycles. The Morgan fingerprint density at radius 3 is 2.41 bits per heavy atom. The van der Waals surface area contributed by atoms with Crippen LogP contribution in [0.2, 0.25) is 0 Å². The van der Waals surface area contributed by atoms with Gasteiger partial charge in [-0.05, 0) is 46.2 Å². The summed E-state index contributed by atoms with van der Waals surface area (Å²) in [6, 6.07) is 8.47. The zero-order valence-electron chi connectivity index (χ0n) is 9.47. The predicted octanol–water partition coefficient (Wildman–Crippen LogP) is 3.24. The maximum absolute atomic E-state index is 10.3. The first-order valence-electron chi connectivity index (χ1n) is 5.54. The molecule has 1 N–H and O–H groups in total. The zero-order chi connectivity index (χ0) is 12.1. The van der Waals surface area contributed by atoms with Gasteiger partial charge in [0.15, 0.2) is 6.29 Å². The van der Waals surface area contributed by atoms with Gasteiger partial charge in [0, 0.05) is 0 Å². The highest BCUT2D eigenvalue weighted by Gasteiger charge is 2.03. The van der Waals surface area contributed by atoms with E-state index in [0.29, 0.717) is 12.7 Å². The summed E-state index contributed by atoms with van der Waals surface area (Å²) in [6.45, 7) is 0. The first-order valence-corrected chi connectivity index (χ1v) is 7.02. The Hall–Kier alpha value is -1.61. The van der Waals surface area contributed by atoms with Gasteiger partial charge >= 0.3 is 0 Å². The number of aldehydes is 1. The lowest BCUT2D eigenvalue weighted by Crippen LogP contribution is -1.99. The fourth-order valence-corrected chi connectivity index (χ4v) is 3.19. The first kappa shape index (κ1) is 11.9. The summed E-state index contributed by atoms with van der Waals surface area (Å²) in [7, 11) is -0.237. The van der Waals surface area contributed by atoms with E-state index in [9.17, 15) is 4.79 Å². The minimum Gasteiger partial charge on any atom is -0.302 e. The van der Waals surface area contributed by atoms with Gasteiger partial charge in [0.1, 0.15) is 0 Å². The van der Waals surface area contributed by atoms with Gasteiger partial charge in [-0.25, -0.2) is 0 Å². The van der Waals surface area contributed by atoms with Gasteiger partial charge in [0.25, 0.3) is 0 Å². The number of carbonyl (C=O) groups is 1. The van der Waals surface area contributed by atoms with Crippen LogP contribution in [-0.2, 0) is 11.2 Å². The summed E-state index contributed by atoms with van der Waals surface area (Å²) in [5.41, 5.74) is 1.35. The van der Waals surface area contributed by atoms with Gasteiger partial charge in [-0.1, -0.05) is 24.3 Å². The Morgan fingerprint density at radius 2 is 1.82 bits per heavy atom. The topological polar surface area (TPSA) is 40.9 Å². The molecule has 1 aromatic carbocycles. The highest BCUT2D eigenvalue weighted by Crippen LogP contribution is 2.41. The third-order valence-corrected chi connectivity index (χ3v) is 4.55. The van der Waals surface area contributed by atoms with E-state index >= 15 is 0 Å². The maximum Gasteiger partial charge on any atom is 0.163 e. The Kier molecular flexibility index (Phi) is 3.94. The molecule has 2 rings (SSSR count). The molecule has 0 spiro atoms. The molecule has 0 fully saturated rings. The summed E-state index contributed by atoms with van der Waals surface area (Å²) < 4.78 is 0. The number of allylic oxidation sites excluding steroid dienone is 2. The second kappa shape index (κ2) is 5.64. The highest BCUT2D eigenvalue weighted by atomic mass is 32.2. The van der Waals surface area contributed by atoms with Gasteiger partial charge in [0.2, 0.25) is 0 Å². The van der Waals surface area contributed by atoms with E-state index in [4.69, 9.17) is 5.41 Å². The average molecular weight is 245 g/mol. The van der Waals surface area contributed by atoms with E-state index in [1.54, 1.807) is 0 Å². The number of hydrogen-bond donors (Lipinski definition) is 2. The molecule has 0 bridgehead atoms. The number of hydrogen-bond acceptors (Lipinski definition) is 2. The van der Waals surface area contributed by atoms with Gasteiger partial charge in [-0.15, -0.1) is 0 Å². The minimum absolute atomic E-state index is 0.167. The smallest absolute Gasteiger partial charge is 0.163 e. The Labute approximate surface area is 104 Å². The number of aryl methyl sites for hydroxylation is 1. The maximum atomic E-state index is 10.3. The van der Waals surface area contributed by atoms with Crippen molar-refractivity contribution in [3.05, 3.63) is 52.8 Å². The largest absolute Gasteiger partial charge is 0.302 e. The van der Waals surface area contributed by atoms with Gasteiger partial charge in [-0.2, -0.15) is 10.9 Å². The van der Waals surface area contributed by atoms with E-state index < -0.39 is 0 Å². The number of thiol groups is 1. The van der Waals surface area contributed by atoms with E-state index in [2.05, 4.69) is 47.2 Å². The lowest BCUT2D eigenvalue weighted by molar-refractivity contribution is -0.102. The fraction of sp³-hybridized carbons (Fsp3) is 0.143. The van der Waals surface area contributed by atoms with Crippen LogP contribution in [0.3, 0.4) is 0 Å². The second-order valence-electron chi connectivity index (χ2n) is 3.90. The van der Waals surface area contributed by atoms with Crippen LogP contribution in [0.5, 0.6) is 0 Å². The lowest BCUT2D eigenvalue weighted by Gasteiger charge is -2.10. The van der Waals surface area contributed by atoms with Crippen molar-refractivity contribution in [2.75, 3.05) is 0 Å². The van der Waals surface area contributed by atoms with Crippen LogP contribution < -0.4 is 0 Å². The van der Waals surface area contributed by atoms with Gasteiger partial charge in [0.05, 0.1) is 5.71 Å². The molecule has 1 aromatic rings. The SMILES string of the molecule is N=C(C=O)CCc1ccc([SH]2C=CC=C2)cc1. The average Bonchev–Trinajstić information content (AvgIpc) is 2.90. The summed E-state index contributed by atoms with van der Waals surface area (Å²) in [6.07, 6.45) is 6.08. The van der Waals surface area contributed by atoms with Crippen LogP contribution in [0.1, 0.15) is 12.0 Å². The normalized spacial score (nSPS) is 15.2. The van der Waals surface area contributed by atoms with E-state index in [1.807, 2.05) is 0 Å². The van der Waals surface area contributed by atoms with Crippen LogP contribution in [0, 0.1) is 5.41 Å². The molecule has 1 aliphatic heterocycles. The highest BCUT2D eigenvalue weighted by molar-refractivity contribution is 8.22. The van der Waals surface area contributed by atoms with E-state index in [-0.39, 0.29) is 16.6 Å². The van der Waals surface area contributed by atoms with Crippen molar-refractivity contribution in [2.24, 2.45) is 0 Å². The molecule has 0 saturated carbocycles. The molecule has 3 heteroatoms. The van der Waals surface area contributed by atoms with Crippen LogP contribution in [0.4, 0.5) is 0 Å². The zero-order valence-corrected chi connectivity index (χ0v) is 10.4. The van der Waals surface area contributed by atoms with Gasteiger partial charge < -0.3 is 5.41 Å². The van der Waals surface area contributed by atoms with Crippen LogP contribution >= 0.6 is 10.9 Å². The molecule has 88 valence electrons. The quantitative estimate of drug-likeness (QED) is 0.466. The molecule has 2 nitrogen and oxygen atoms in total. The monoisotopic (exact) mass is 245 g/mol. The summed E-state index contributed by atoms with van der Waals surface area (Å²) in [5.74, 6) is 0. The molecular formula is C14H15NOS. The third kappa shape index (κ3) is 3.17. The molecule has 0 saturated heterocycles. The Morgan fingerprint density at radius 1 is 1.18 bits per heavy atom. The summed E-state index contributed by atoms with van der Waals surface area (Å²) in [4.78, 5) is 11.7. The number of carbonyl (C=O) groups excluding carboxylic acids is 1. The predicted molar refractivity (Wildman–Crippen MR) is 74.1 cm³/mol. The number of rotatable bonds is 5. The minimum atomic E-state index is -0.237. The Balaban J connectivity index is 1.98. The second-order valence-corrected chi connectivity index (χ2v) is 5.83. The van der Waals surface area contributed by atoms with Crippen molar-refractivity contribution < 1.29 is 4.79 Å². The molecule has 0 radical (unpaired) electrons. The molecule has 0 amide bonds. The van der Waals surface area contributed by atoms with Crippen molar-refractivity contribution in [1.29, 1.82) is 5.41 Å². The first-order chi connectivity index (χ1) is 8.29. The fourth-order valence-electron chi connectivity index (χ4n) is 1.68. The summed E-state index contributed by atoms with van der Waals surface area (Å²) >= 11 is 0. The van der Waals surface area contributed by atoms with Crippen molar-refractivity contribution in [2.45, 2.75) is 17.7 Å². The van der Waals surface area contributed by atoms with Crippen LogP contribution in [-0.4, -0.2) is 12.0 Å². The summed E-state index contributed by atoms with van der Waals surface area (Å²) in [5, 5.41) is 11.7. The molecule has 1 aliphatic rings. The number of benzene rings is 1. The third-order valence-electron chi connectivity index (χ3n) is 2.66. The lowest BCUT2D eigenvalue weighted by atomic mass is 10.1. The van der Waals surface area contributed by atoms with Crippen molar-refractivity contribution >= 4 is 22.9 Å². The van der Waals surface area contributed by atoms with Crippen molar-refractivity contribution in [3.8, 4) is 0 Å². The standard InChI is InChI=1S/C14H15NOS/c15-13(11-16)6-3-12-4-7-14(8-5-12)17-9-1-2-10-17/h1-2,4-5,7-11,15,17H,3,6H2. The molecular weight excluding hydrogens is 230 g/mol. The van der Waals surface area contributed by atoms with Crippen LogP contribution in [0.25, 0.3) is 0 Å². The molecule has 0 unspecified atom stereocenters. The van der Waals surface area contributed by atoms with E-state index in [1.165, 1.54) is 10.5 Å².